The van der Waals surface area contributed by atoms with Crippen LogP contribution in [0.25, 0.3) is 0 Å². The van der Waals surface area contributed by atoms with Gasteiger partial charge in [0.15, 0.2) is 0 Å². The zero-order valence-corrected chi connectivity index (χ0v) is 11.5. The lowest BCUT2D eigenvalue weighted by Gasteiger charge is -2.17. The van der Waals surface area contributed by atoms with Crippen LogP contribution in [0, 0.1) is 18.6 Å². The molecular weight excluding hydrogens is 262 g/mol. The lowest BCUT2D eigenvalue weighted by Crippen LogP contribution is -2.30. The standard InChI is InChI=1S/C14H18F2N4/c1-3-20-8-10(7-18-20)5-14(19-17)11-4-9(2)12(15)6-13(11)16/h4,6-8,14,19H,3,5,17H2,1-2H3. The molecule has 1 aromatic carbocycles. The molecule has 0 amide bonds. The average Bonchev–Trinajstić information content (AvgIpc) is 2.88. The van der Waals surface area contributed by atoms with E-state index in [-0.39, 0.29) is 0 Å². The SMILES string of the molecule is CCn1cc(CC(NN)c2cc(C)c(F)cc2F)cn1. The summed E-state index contributed by atoms with van der Waals surface area (Å²) < 4.78 is 29.0. The summed E-state index contributed by atoms with van der Waals surface area (Å²) in [4.78, 5) is 0. The number of nitrogens with two attached hydrogens (primary N) is 1. The van der Waals surface area contributed by atoms with Gasteiger partial charge in [-0.1, -0.05) is 0 Å². The molecule has 20 heavy (non-hydrogen) atoms. The summed E-state index contributed by atoms with van der Waals surface area (Å²) in [6, 6.07) is 1.95. The van der Waals surface area contributed by atoms with E-state index < -0.39 is 17.7 Å². The quantitative estimate of drug-likeness (QED) is 0.652. The second-order valence-electron chi connectivity index (χ2n) is 4.75. The van der Waals surface area contributed by atoms with Gasteiger partial charge in [-0.15, -0.1) is 0 Å². The van der Waals surface area contributed by atoms with Crippen LogP contribution in [0.5, 0.6) is 0 Å². The summed E-state index contributed by atoms with van der Waals surface area (Å²) in [6.45, 7) is 4.35. The molecule has 0 aliphatic carbocycles. The van der Waals surface area contributed by atoms with Crippen LogP contribution in [0.1, 0.15) is 29.7 Å². The van der Waals surface area contributed by atoms with Gasteiger partial charge in [-0.05, 0) is 37.5 Å². The monoisotopic (exact) mass is 280 g/mol. The Morgan fingerprint density at radius 2 is 2.10 bits per heavy atom. The number of benzene rings is 1. The Labute approximate surface area is 116 Å². The summed E-state index contributed by atoms with van der Waals surface area (Å²) >= 11 is 0. The van der Waals surface area contributed by atoms with Crippen molar-refractivity contribution in [2.45, 2.75) is 32.9 Å². The zero-order chi connectivity index (χ0) is 14.7. The molecule has 0 aliphatic rings. The number of hydrazine groups is 1. The summed E-state index contributed by atoms with van der Waals surface area (Å²) in [6.07, 6.45) is 4.10. The second-order valence-corrected chi connectivity index (χ2v) is 4.75. The van der Waals surface area contributed by atoms with E-state index in [4.69, 9.17) is 5.84 Å². The third-order valence-corrected chi connectivity index (χ3v) is 3.31. The Morgan fingerprint density at radius 1 is 1.35 bits per heavy atom. The van der Waals surface area contributed by atoms with Gasteiger partial charge in [-0.2, -0.15) is 5.10 Å². The van der Waals surface area contributed by atoms with Gasteiger partial charge < -0.3 is 0 Å². The number of hydrogen-bond donors (Lipinski definition) is 2. The molecule has 0 aliphatic heterocycles. The second kappa shape index (κ2) is 6.11. The van der Waals surface area contributed by atoms with E-state index in [1.165, 1.54) is 6.07 Å². The Balaban J connectivity index is 2.26. The molecule has 1 atom stereocenters. The Morgan fingerprint density at radius 3 is 2.70 bits per heavy atom. The van der Waals surface area contributed by atoms with Crippen LogP contribution in [0.4, 0.5) is 8.78 Å². The number of rotatable bonds is 5. The van der Waals surface area contributed by atoms with Gasteiger partial charge in [0.25, 0.3) is 0 Å². The van der Waals surface area contributed by atoms with Gasteiger partial charge in [0.05, 0.1) is 12.2 Å². The van der Waals surface area contributed by atoms with Crippen molar-refractivity contribution in [1.29, 1.82) is 0 Å². The van der Waals surface area contributed by atoms with Crippen LogP contribution in [0.15, 0.2) is 24.5 Å². The molecule has 1 aromatic heterocycles. The lowest BCUT2D eigenvalue weighted by atomic mass is 9.99. The van der Waals surface area contributed by atoms with E-state index in [2.05, 4.69) is 10.5 Å². The predicted octanol–water partition coefficient (Wildman–Crippen LogP) is 2.24. The Kier molecular flexibility index (Phi) is 4.46. The number of aryl methyl sites for hydroxylation is 2. The summed E-state index contributed by atoms with van der Waals surface area (Å²) in [5.74, 6) is 4.36. The smallest absolute Gasteiger partial charge is 0.130 e. The highest BCUT2D eigenvalue weighted by atomic mass is 19.1. The van der Waals surface area contributed by atoms with Crippen LogP contribution in [0.2, 0.25) is 0 Å². The topological polar surface area (TPSA) is 55.9 Å². The van der Waals surface area contributed by atoms with Crippen LogP contribution in [-0.4, -0.2) is 9.78 Å². The normalized spacial score (nSPS) is 12.7. The van der Waals surface area contributed by atoms with Gasteiger partial charge in [0, 0.05) is 24.4 Å². The van der Waals surface area contributed by atoms with E-state index in [9.17, 15) is 8.78 Å². The fourth-order valence-electron chi connectivity index (χ4n) is 2.13. The summed E-state index contributed by atoms with van der Waals surface area (Å²) in [5.41, 5.74) is 4.27. The minimum atomic E-state index is -0.598. The van der Waals surface area contributed by atoms with Crippen LogP contribution >= 0.6 is 0 Å². The number of hydrogen-bond acceptors (Lipinski definition) is 3. The third kappa shape index (κ3) is 3.02. The number of halogens is 2. The molecule has 1 heterocycles. The predicted molar refractivity (Wildman–Crippen MR) is 72.8 cm³/mol. The molecule has 3 N–H and O–H groups in total. The first-order valence-corrected chi connectivity index (χ1v) is 6.48. The fraction of sp³-hybridized carbons (Fsp3) is 0.357. The van der Waals surface area contributed by atoms with Gasteiger partial charge in [0.1, 0.15) is 11.6 Å². The first-order valence-electron chi connectivity index (χ1n) is 6.48. The largest absolute Gasteiger partial charge is 0.273 e. The first kappa shape index (κ1) is 14.6. The third-order valence-electron chi connectivity index (χ3n) is 3.31. The van der Waals surface area contributed by atoms with Gasteiger partial charge in [-0.3, -0.25) is 16.0 Å². The maximum absolute atomic E-state index is 13.9. The molecule has 0 bridgehead atoms. The molecule has 0 saturated heterocycles. The highest BCUT2D eigenvalue weighted by molar-refractivity contribution is 5.29. The number of nitrogens with zero attached hydrogens (tertiary/aromatic N) is 2. The Hall–Kier alpha value is -1.79. The van der Waals surface area contributed by atoms with Crippen molar-refractivity contribution in [3.63, 3.8) is 0 Å². The number of nitrogens with one attached hydrogen (secondary N) is 1. The zero-order valence-electron chi connectivity index (χ0n) is 11.5. The molecule has 0 spiro atoms. The molecule has 0 saturated carbocycles. The summed E-state index contributed by atoms with van der Waals surface area (Å²) in [5, 5.41) is 4.16. The van der Waals surface area contributed by atoms with E-state index in [1.54, 1.807) is 17.8 Å². The van der Waals surface area contributed by atoms with Crippen LogP contribution < -0.4 is 11.3 Å². The van der Waals surface area contributed by atoms with Crippen molar-refractivity contribution >= 4 is 0 Å². The molecule has 1 unspecified atom stereocenters. The number of aromatic nitrogens is 2. The van der Waals surface area contributed by atoms with Gasteiger partial charge in [0.2, 0.25) is 0 Å². The maximum atomic E-state index is 13.9. The maximum Gasteiger partial charge on any atom is 0.130 e. The molecule has 2 aromatic rings. The van der Waals surface area contributed by atoms with Crippen LogP contribution in [0.3, 0.4) is 0 Å². The van der Waals surface area contributed by atoms with E-state index in [0.717, 1.165) is 18.2 Å². The fourth-order valence-corrected chi connectivity index (χ4v) is 2.13. The van der Waals surface area contributed by atoms with Gasteiger partial charge >= 0.3 is 0 Å². The first-order chi connectivity index (χ1) is 9.55. The Bertz CT molecular complexity index is 595. The van der Waals surface area contributed by atoms with Crippen molar-refractivity contribution in [1.82, 2.24) is 15.2 Å². The minimum Gasteiger partial charge on any atom is -0.273 e. The van der Waals surface area contributed by atoms with E-state index >= 15 is 0 Å². The molecular formula is C14H18F2N4. The van der Waals surface area contributed by atoms with Crippen molar-refractivity contribution in [2.24, 2.45) is 5.84 Å². The molecule has 6 heteroatoms. The highest BCUT2D eigenvalue weighted by Gasteiger charge is 2.17. The molecule has 0 fully saturated rings. The average molecular weight is 280 g/mol. The molecule has 4 nitrogen and oxygen atoms in total. The van der Waals surface area contributed by atoms with E-state index in [0.29, 0.717) is 17.5 Å². The minimum absolute atomic E-state index is 0.357. The van der Waals surface area contributed by atoms with Crippen molar-refractivity contribution in [2.75, 3.05) is 0 Å². The van der Waals surface area contributed by atoms with Crippen molar-refractivity contribution in [3.05, 3.63) is 52.9 Å². The summed E-state index contributed by atoms with van der Waals surface area (Å²) in [7, 11) is 0. The molecule has 108 valence electrons. The molecule has 2 rings (SSSR count). The van der Waals surface area contributed by atoms with Crippen molar-refractivity contribution < 1.29 is 8.78 Å². The lowest BCUT2D eigenvalue weighted by molar-refractivity contribution is 0.500. The van der Waals surface area contributed by atoms with Crippen molar-refractivity contribution in [3.8, 4) is 0 Å². The van der Waals surface area contributed by atoms with E-state index in [1.807, 2.05) is 13.1 Å². The van der Waals surface area contributed by atoms with Gasteiger partial charge in [-0.25, -0.2) is 8.78 Å². The molecule has 0 radical (unpaired) electrons. The highest BCUT2D eigenvalue weighted by Crippen LogP contribution is 2.23. The van der Waals surface area contributed by atoms with Crippen LogP contribution in [-0.2, 0) is 13.0 Å².